The van der Waals surface area contributed by atoms with Gasteiger partial charge in [0.15, 0.2) is 6.33 Å². The molecule has 1 heterocycles. The molecule has 1 aromatic carbocycles. The van der Waals surface area contributed by atoms with Crippen molar-refractivity contribution in [2.24, 2.45) is 0 Å². The predicted molar refractivity (Wildman–Crippen MR) is 59.0 cm³/mol. The molecule has 0 aliphatic rings. The van der Waals surface area contributed by atoms with Gasteiger partial charge in [-0.1, -0.05) is 11.6 Å². The van der Waals surface area contributed by atoms with Gasteiger partial charge in [0.25, 0.3) is 0 Å². The minimum absolute atomic E-state index is 0.384. The lowest BCUT2D eigenvalue weighted by Gasteiger charge is -2.20. The average molecular weight is 312 g/mol. The van der Waals surface area contributed by atoms with E-state index in [1.165, 1.54) is 23.0 Å². The Morgan fingerprint density at radius 1 is 1.20 bits per heavy atom. The predicted octanol–water partition coefficient (Wildman–Crippen LogP) is 3.86. The molecule has 0 N–H and O–H groups in total. The van der Waals surface area contributed by atoms with Gasteiger partial charge in [0.1, 0.15) is 5.75 Å². The van der Waals surface area contributed by atoms with Crippen LogP contribution in [0, 0.1) is 6.33 Å². The van der Waals surface area contributed by atoms with Crippen LogP contribution in [0.4, 0.5) is 22.0 Å². The van der Waals surface area contributed by atoms with E-state index in [2.05, 4.69) is 16.0 Å². The molecule has 0 spiro atoms. The molecule has 0 amide bonds. The van der Waals surface area contributed by atoms with Crippen molar-refractivity contribution < 1.29 is 26.7 Å². The largest absolute Gasteiger partial charge is 0.499 e. The maximum absolute atomic E-state index is 12.7. The van der Waals surface area contributed by atoms with Crippen LogP contribution in [-0.2, 0) is 0 Å². The van der Waals surface area contributed by atoms with E-state index in [0.29, 0.717) is 5.69 Å². The van der Waals surface area contributed by atoms with Crippen molar-refractivity contribution in [3.63, 3.8) is 0 Å². The molecule has 20 heavy (non-hydrogen) atoms. The summed E-state index contributed by atoms with van der Waals surface area (Å²) < 4.78 is 66.6. The molecule has 1 radical (unpaired) electrons. The van der Waals surface area contributed by atoms with E-state index in [9.17, 15) is 22.0 Å². The van der Waals surface area contributed by atoms with Crippen molar-refractivity contribution in [3.8, 4) is 11.4 Å². The van der Waals surface area contributed by atoms with Gasteiger partial charge in [-0.3, -0.25) is 4.57 Å². The highest BCUT2D eigenvalue weighted by molar-refractivity contribution is 6.32. The van der Waals surface area contributed by atoms with Gasteiger partial charge in [-0.05, 0) is 18.2 Å². The monoisotopic (exact) mass is 311 g/mol. The number of benzene rings is 1. The zero-order chi connectivity index (χ0) is 15.0. The Morgan fingerprint density at radius 3 is 2.40 bits per heavy atom. The molecule has 2 rings (SSSR count). The van der Waals surface area contributed by atoms with Gasteiger partial charge in [0.05, 0.1) is 5.02 Å². The number of ether oxygens (including phenoxy) is 1. The Hall–Kier alpha value is -1.83. The highest BCUT2D eigenvalue weighted by atomic mass is 35.5. The fourth-order valence-electron chi connectivity index (χ4n) is 1.29. The molecule has 2 aromatic rings. The molecule has 1 aromatic heterocycles. The van der Waals surface area contributed by atoms with Gasteiger partial charge in [-0.2, -0.15) is 22.0 Å². The quantitative estimate of drug-likeness (QED) is 0.805. The molecule has 0 saturated carbocycles. The van der Waals surface area contributed by atoms with Gasteiger partial charge in [0.2, 0.25) is 0 Å². The lowest BCUT2D eigenvalue weighted by Crippen LogP contribution is -2.41. The Bertz CT molecular complexity index is 597. The van der Waals surface area contributed by atoms with E-state index in [0.717, 1.165) is 12.1 Å². The maximum Gasteiger partial charge on any atom is 0.499 e. The van der Waals surface area contributed by atoms with Gasteiger partial charge in [-0.15, -0.1) is 0 Å². The van der Waals surface area contributed by atoms with Gasteiger partial charge in [0, 0.05) is 18.1 Å². The SMILES string of the molecule is FC(F)(F)C(F)(F)Oc1ccc(-n2[c]ncc2)cc1Cl. The van der Waals surface area contributed by atoms with Gasteiger partial charge in [-0.25, -0.2) is 4.98 Å². The first-order chi connectivity index (χ1) is 9.21. The third kappa shape index (κ3) is 2.84. The van der Waals surface area contributed by atoms with Crippen LogP contribution in [0.15, 0.2) is 30.6 Å². The van der Waals surface area contributed by atoms with Crippen molar-refractivity contribution in [2.75, 3.05) is 0 Å². The molecule has 9 heteroatoms. The molecule has 0 fully saturated rings. The lowest BCUT2D eigenvalue weighted by atomic mass is 10.3. The number of alkyl halides is 5. The molecular weight excluding hydrogens is 307 g/mol. The van der Waals surface area contributed by atoms with Crippen molar-refractivity contribution in [1.82, 2.24) is 9.55 Å². The van der Waals surface area contributed by atoms with Crippen LogP contribution in [0.2, 0.25) is 5.02 Å². The number of hydrogen-bond donors (Lipinski definition) is 0. The summed E-state index contributed by atoms with van der Waals surface area (Å²) in [6, 6.07) is 3.30. The molecule has 0 aliphatic carbocycles. The second-order valence-corrected chi connectivity index (χ2v) is 4.04. The van der Waals surface area contributed by atoms with Crippen molar-refractivity contribution >= 4 is 11.6 Å². The van der Waals surface area contributed by atoms with Crippen molar-refractivity contribution in [3.05, 3.63) is 41.9 Å². The normalized spacial score (nSPS) is 12.5. The Balaban J connectivity index is 2.27. The standard InChI is InChI=1S/C11H5ClF5N2O/c12-8-5-7(19-4-3-18-6-19)1-2-9(8)20-11(16,17)10(13,14)15/h1-5H. The Labute approximate surface area is 114 Å². The third-order valence-corrected chi connectivity index (χ3v) is 2.51. The highest BCUT2D eigenvalue weighted by Crippen LogP contribution is 2.39. The first-order valence-electron chi connectivity index (χ1n) is 5.05. The highest BCUT2D eigenvalue weighted by Gasteiger charge is 2.61. The molecule has 0 aliphatic heterocycles. The van der Waals surface area contributed by atoms with Crippen LogP contribution in [0.5, 0.6) is 5.75 Å². The van der Waals surface area contributed by atoms with E-state index in [1.807, 2.05) is 0 Å². The molecule has 0 bridgehead atoms. The summed E-state index contributed by atoms with van der Waals surface area (Å²) in [5.74, 6) is -0.780. The minimum Gasteiger partial charge on any atom is -0.424 e. The summed E-state index contributed by atoms with van der Waals surface area (Å²) in [4.78, 5) is 3.64. The van der Waals surface area contributed by atoms with Crippen LogP contribution in [0.3, 0.4) is 0 Å². The number of halogens is 6. The van der Waals surface area contributed by atoms with Crippen molar-refractivity contribution in [2.45, 2.75) is 12.3 Å². The maximum atomic E-state index is 12.7. The molecule has 0 saturated heterocycles. The summed E-state index contributed by atoms with van der Waals surface area (Å²) >= 11 is 5.63. The summed E-state index contributed by atoms with van der Waals surface area (Å²) in [6.45, 7) is 0. The fourth-order valence-corrected chi connectivity index (χ4v) is 1.50. The first-order valence-corrected chi connectivity index (χ1v) is 5.43. The summed E-state index contributed by atoms with van der Waals surface area (Å²) in [7, 11) is 0. The van der Waals surface area contributed by atoms with Crippen LogP contribution in [0.1, 0.15) is 0 Å². The molecule has 107 valence electrons. The van der Waals surface area contributed by atoms with Gasteiger partial charge < -0.3 is 4.74 Å². The zero-order valence-electron chi connectivity index (χ0n) is 9.46. The zero-order valence-corrected chi connectivity index (χ0v) is 10.2. The summed E-state index contributed by atoms with van der Waals surface area (Å²) in [5.41, 5.74) is 0.384. The van der Waals surface area contributed by atoms with E-state index in [-0.39, 0.29) is 0 Å². The molecular formula is C11H5ClF5N2O. The average Bonchev–Trinajstić information content (AvgIpc) is 2.83. The third-order valence-electron chi connectivity index (χ3n) is 2.22. The van der Waals surface area contributed by atoms with Crippen LogP contribution >= 0.6 is 11.6 Å². The number of nitrogens with zero attached hydrogens (tertiary/aromatic N) is 2. The van der Waals surface area contributed by atoms with E-state index in [4.69, 9.17) is 11.6 Å². The van der Waals surface area contributed by atoms with E-state index >= 15 is 0 Å². The van der Waals surface area contributed by atoms with E-state index < -0.39 is 23.1 Å². The minimum atomic E-state index is -5.83. The second-order valence-electron chi connectivity index (χ2n) is 3.63. The topological polar surface area (TPSA) is 27.1 Å². The summed E-state index contributed by atoms with van der Waals surface area (Å²) in [6.07, 6.45) is -5.73. The molecule has 0 unspecified atom stereocenters. The molecule has 3 nitrogen and oxygen atoms in total. The number of hydrogen-bond acceptors (Lipinski definition) is 2. The first kappa shape index (κ1) is 14.6. The second kappa shape index (κ2) is 4.93. The molecule has 0 atom stereocenters. The van der Waals surface area contributed by atoms with E-state index in [1.54, 1.807) is 0 Å². The fraction of sp³-hybridized carbons (Fsp3) is 0.182. The number of aromatic nitrogens is 2. The van der Waals surface area contributed by atoms with Gasteiger partial charge >= 0.3 is 12.3 Å². The number of imidazole rings is 1. The Kier molecular flexibility index (Phi) is 3.59. The summed E-state index contributed by atoms with van der Waals surface area (Å²) in [5, 5.41) is -0.395. The lowest BCUT2D eigenvalue weighted by molar-refractivity contribution is -0.360. The Morgan fingerprint density at radius 2 is 1.90 bits per heavy atom. The van der Waals surface area contributed by atoms with Crippen LogP contribution < -0.4 is 4.74 Å². The van der Waals surface area contributed by atoms with Crippen molar-refractivity contribution in [1.29, 1.82) is 0 Å². The van der Waals surface area contributed by atoms with Crippen LogP contribution in [0.25, 0.3) is 5.69 Å². The van der Waals surface area contributed by atoms with Crippen LogP contribution in [-0.4, -0.2) is 21.8 Å². The number of rotatable bonds is 3. The smallest absolute Gasteiger partial charge is 0.424 e.